The quantitative estimate of drug-likeness (QED) is 0.467. The predicted molar refractivity (Wildman–Crippen MR) is 75.6 cm³/mol. The van der Waals surface area contributed by atoms with E-state index < -0.39 is 0 Å². The average molecular weight is 269 g/mol. The third-order valence-corrected chi connectivity index (χ3v) is 3.12. The summed E-state index contributed by atoms with van der Waals surface area (Å²) in [5.74, 6) is 2.16. The van der Waals surface area contributed by atoms with E-state index in [1.54, 1.807) is 19.1 Å². The van der Waals surface area contributed by atoms with Crippen molar-refractivity contribution in [3.63, 3.8) is 0 Å². The summed E-state index contributed by atoms with van der Waals surface area (Å²) < 4.78 is 5.59. The van der Waals surface area contributed by atoms with Crippen LogP contribution in [-0.2, 0) is 0 Å². The highest BCUT2D eigenvalue weighted by Crippen LogP contribution is 2.23. The second-order valence-corrected chi connectivity index (χ2v) is 4.91. The smallest absolute Gasteiger partial charge is 0.272 e. The van der Waals surface area contributed by atoms with Crippen molar-refractivity contribution in [2.24, 2.45) is 5.92 Å². The summed E-state index contributed by atoms with van der Waals surface area (Å²) in [6, 6.07) is 4.84. The van der Waals surface area contributed by atoms with Gasteiger partial charge in [-0.05, 0) is 43.6 Å². The SMILES string of the molecule is Cc1cc(OCCC(C)CCS)ccc1[N+](=O)[O-]. The van der Waals surface area contributed by atoms with Crippen LogP contribution in [0.3, 0.4) is 0 Å². The molecule has 1 unspecified atom stereocenters. The number of nitrogens with zero attached hydrogens (tertiary/aromatic N) is 1. The highest BCUT2D eigenvalue weighted by Gasteiger charge is 2.10. The van der Waals surface area contributed by atoms with E-state index in [1.165, 1.54) is 6.07 Å². The van der Waals surface area contributed by atoms with E-state index in [4.69, 9.17) is 4.74 Å². The van der Waals surface area contributed by atoms with Crippen LogP contribution in [0.2, 0.25) is 0 Å². The molecule has 0 aliphatic carbocycles. The number of benzene rings is 1. The summed E-state index contributed by atoms with van der Waals surface area (Å²) in [4.78, 5) is 10.3. The highest BCUT2D eigenvalue weighted by molar-refractivity contribution is 7.80. The van der Waals surface area contributed by atoms with Crippen LogP contribution in [-0.4, -0.2) is 17.3 Å². The number of nitro groups is 1. The van der Waals surface area contributed by atoms with Gasteiger partial charge >= 0.3 is 0 Å². The first-order valence-corrected chi connectivity index (χ1v) is 6.66. The molecule has 0 fully saturated rings. The molecule has 1 aromatic carbocycles. The first-order chi connectivity index (χ1) is 8.54. The Labute approximate surface area is 113 Å². The lowest BCUT2D eigenvalue weighted by Crippen LogP contribution is -2.05. The summed E-state index contributed by atoms with van der Waals surface area (Å²) in [6.45, 7) is 4.52. The number of thiol groups is 1. The number of rotatable bonds is 7. The lowest BCUT2D eigenvalue weighted by atomic mass is 10.1. The Kier molecular flexibility index (Phi) is 5.98. The van der Waals surface area contributed by atoms with Gasteiger partial charge in [-0.15, -0.1) is 0 Å². The van der Waals surface area contributed by atoms with Crippen molar-refractivity contribution in [3.05, 3.63) is 33.9 Å². The Hall–Kier alpha value is -1.23. The van der Waals surface area contributed by atoms with Crippen molar-refractivity contribution in [1.82, 2.24) is 0 Å². The van der Waals surface area contributed by atoms with E-state index >= 15 is 0 Å². The number of hydrogen-bond acceptors (Lipinski definition) is 4. The van der Waals surface area contributed by atoms with Crippen molar-refractivity contribution in [2.75, 3.05) is 12.4 Å². The van der Waals surface area contributed by atoms with Crippen LogP contribution < -0.4 is 4.74 Å². The minimum atomic E-state index is -0.381. The molecule has 18 heavy (non-hydrogen) atoms. The summed E-state index contributed by atoms with van der Waals surface area (Å²) >= 11 is 4.19. The third-order valence-electron chi connectivity index (χ3n) is 2.87. The molecule has 1 aromatic rings. The Morgan fingerprint density at radius 3 is 2.72 bits per heavy atom. The van der Waals surface area contributed by atoms with E-state index in [-0.39, 0.29) is 10.6 Å². The number of ether oxygens (including phenoxy) is 1. The molecule has 0 N–H and O–H groups in total. The van der Waals surface area contributed by atoms with Gasteiger partial charge in [-0.25, -0.2) is 0 Å². The predicted octanol–water partition coefficient (Wildman–Crippen LogP) is 3.63. The van der Waals surface area contributed by atoms with Crippen LogP contribution in [0.15, 0.2) is 18.2 Å². The average Bonchev–Trinajstić information content (AvgIpc) is 2.29. The minimum absolute atomic E-state index is 0.130. The van der Waals surface area contributed by atoms with Crippen molar-refractivity contribution < 1.29 is 9.66 Å². The van der Waals surface area contributed by atoms with E-state index in [0.717, 1.165) is 18.6 Å². The van der Waals surface area contributed by atoms with Gasteiger partial charge in [0.1, 0.15) is 5.75 Å². The fraction of sp³-hybridized carbons (Fsp3) is 0.538. The Morgan fingerprint density at radius 2 is 2.17 bits per heavy atom. The Balaban J connectivity index is 2.49. The molecule has 4 nitrogen and oxygen atoms in total. The minimum Gasteiger partial charge on any atom is -0.494 e. The monoisotopic (exact) mass is 269 g/mol. The number of hydrogen-bond donors (Lipinski definition) is 1. The van der Waals surface area contributed by atoms with Crippen LogP contribution in [0.4, 0.5) is 5.69 Å². The van der Waals surface area contributed by atoms with Gasteiger partial charge in [0.15, 0.2) is 0 Å². The maximum absolute atomic E-state index is 10.7. The zero-order chi connectivity index (χ0) is 13.5. The molecule has 0 amide bonds. The molecule has 0 spiro atoms. The van der Waals surface area contributed by atoms with Gasteiger partial charge in [-0.1, -0.05) is 6.92 Å². The molecule has 0 bridgehead atoms. The van der Waals surface area contributed by atoms with E-state index in [2.05, 4.69) is 19.6 Å². The van der Waals surface area contributed by atoms with Gasteiger partial charge in [0.25, 0.3) is 5.69 Å². The van der Waals surface area contributed by atoms with Crippen LogP contribution in [0, 0.1) is 23.0 Å². The van der Waals surface area contributed by atoms with Gasteiger partial charge in [-0.2, -0.15) is 12.6 Å². The summed E-state index contributed by atoms with van der Waals surface area (Å²) in [5, 5.41) is 10.7. The fourth-order valence-electron chi connectivity index (χ4n) is 1.67. The molecule has 0 saturated carbocycles. The maximum Gasteiger partial charge on any atom is 0.272 e. The van der Waals surface area contributed by atoms with Gasteiger partial charge < -0.3 is 4.74 Å². The molecule has 0 aliphatic rings. The van der Waals surface area contributed by atoms with Gasteiger partial charge in [0, 0.05) is 11.6 Å². The first-order valence-electron chi connectivity index (χ1n) is 6.03. The molecular formula is C13H19NO3S. The molecule has 0 heterocycles. The standard InChI is InChI=1S/C13H19NO3S/c1-10(6-8-18)5-7-17-12-3-4-13(14(15)16)11(2)9-12/h3-4,9-10,18H,5-8H2,1-2H3. The van der Waals surface area contributed by atoms with Gasteiger partial charge in [0.2, 0.25) is 0 Å². The Morgan fingerprint density at radius 1 is 1.44 bits per heavy atom. The van der Waals surface area contributed by atoms with Gasteiger partial charge in [0.05, 0.1) is 11.5 Å². The van der Waals surface area contributed by atoms with Crippen LogP contribution in [0.5, 0.6) is 5.75 Å². The molecule has 0 aromatic heterocycles. The summed E-state index contributed by atoms with van der Waals surface area (Å²) in [5.41, 5.74) is 0.756. The highest BCUT2D eigenvalue weighted by atomic mass is 32.1. The fourth-order valence-corrected chi connectivity index (χ4v) is 2.11. The van der Waals surface area contributed by atoms with Crippen LogP contribution >= 0.6 is 12.6 Å². The van der Waals surface area contributed by atoms with E-state index in [0.29, 0.717) is 23.8 Å². The molecular weight excluding hydrogens is 250 g/mol. The maximum atomic E-state index is 10.7. The summed E-state index contributed by atoms with van der Waals surface area (Å²) in [6.07, 6.45) is 2.04. The van der Waals surface area contributed by atoms with Crippen molar-refractivity contribution >= 4 is 18.3 Å². The second-order valence-electron chi connectivity index (χ2n) is 4.46. The summed E-state index contributed by atoms with van der Waals surface area (Å²) in [7, 11) is 0. The molecule has 0 radical (unpaired) electrons. The second kappa shape index (κ2) is 7.26. The first kappa shape index (κ1) is 14.8. The Bertz CT molecular complexity index is 409. The normalized spacial score (nSPS) is 12.2. The molecule has 0 aliphatic heterocycles. The van der Waals surface area contributed by atoms with Gasteiger partial charge in [-0.3, -0.25) is 10.1 Å². The number of nitro benzene ring substituents is 1. The van der Waals surface area contributed by atoms with Crippen molar-refractivity contribution in [2.45, 2.75) is 26.7 Å². The third kappa shape index (κ3) is 4.56. The molecule has 1 rings (SSSR count). The van der Waals surface area contributed by atoms with E-state index in [1.807, 2.05) is 0 Å². The van der Waals surface area contributed by atoms with Crippen LogP contribution in [0.1, 0.15) is 25.3 Å². The van der Waals surface area contributed by atoms with Crippen LogP contribution in [0.25, 0.3) is 0 Å². The lowest BCUT2D eigenvalue weighted by Gasteiger charge is -2.11. The molecule has 0 saturated heterocycles. The molecule has 1 atom stereocenters. The topological polar surface area (TPSA) is 52.4 Å². The molecule has 5 heteroatoms. The number of aryl methyl sites for hydroxylation is 1. The van der Waals surface area contributed by atoms with Crippen molar-refractivity contribution in [1.29, 1.82) is 0 Å². The lowest BCUT2D eigenvalue weighted by molar-refractivity contribution is -0.385. The van der Waals surface area contributed by atoms with Crippen molar-refractivity contribution in [3.8, 4) is 5.75 Å². The zero-order valence-corrected chi connectivity index (χ0v) is 11.7. The molecule has 100 valence electrons. The van der Waals surface area contributed by atoms with E-state index in [9.17, 15) is 10.1 Å². The largest absolute Gasteiger partial charge is 0.494 e. The zero-order valence-electron chi connectivity index (χ0n) is 10.8.